The maximum atomic E-state index is 11.6. The Balaban J connectivity index is 2.72. The highest BCUT2D eigenvalue weighted by molar-refractivity contribution is 5.72. The third-order valence-electron chi connectivity index (χ3n) is 2.96. The molecule has 0 bridgehead atoms. The fourth-order valence-corrected chi connectivity index (χ4v) is 1.94. The molecular formula is C15H21NO4. The first-order valence-electron chi connectivity index (χ1n) is 6.68. The second-order valence-corrected chi connectivity index (χ2v) is 4.64. The summed E-state index contributed by atoms with van der Waals surface area (Å²) in [4.78, 5) is 24.3. The first-order chi connectivity index (χ1) is 9.52. The van der Waals surface area contributed by atoms with Crippen LogP contribution in [0.3, 0.4) is 0 Å². The van der Waals surface area contributed by atoms with Crippen LogP contribution in [-0.2, 0) is 20.9 Å². The maximum Gasteiger partial charge on any atom is 0.320 e. The van der Waals surface area contributed by atoms with Gasteiger partial charge in [0, 0.05) is 12.6 Å². The van der Waals surface area contributed by atoms with Gasteiger partial charge in [-0.1, -0.05) is 30.3 Å². The molecule has 0 radical (unpaired) electrons. The van der Waals surface area contributed by atoms with Crippen LogP contribution in [0.1, 0.15) is 25.8 Å². The van der Waals surface area contributed by atoms with Crippen LogP contribution >= 0.6 is 0 Å². The van der Waals surface area contributed by atoms with E-state index < -0.39 is 5.97 Å². The summed E-state index contributed by atoms with van der Waals surface area (Å²) < 4.78 is 4.94. The van der Waals surface area contributed by atoms with Gasteiger partial charge in [-0.15, -0.1) is 0 Å². The number of carbonyl (C=O) groups is 2. The third-order valence-corrected chi connectivity index (χ3v) is 2.96. The molecule has 0 aliphatic carbocycles. The Labute approximate surface area is 119 Å². The lowest BCUT2D eigenvalue weighted by molar-refractivity contribution is -0.146. The summed E-state index contributed by atoms with van der Waals surface area (Å²) in [6.07, 6.45) is -0.00770. The molecule has 1 aromatic carbocycles. The molecule has 0 fully saturated rings. The van der Waals surface area contributed by atoms with Gasteiger partial charge in [-0.3, -0.25) is 14.5 Å². The summed E-state index contributed by atoms with van der Waals surface area (Å²) in [6.45, 7) is 4.49. The summed E-state index contributed by atoms with van der Waals surface area (Å²) in [5.41, 5.74) is 1.04. The first kappa shape index (κ1) is 16.2. The van der Waals surface area contributed by atoms with Gasteiger partial charge in [0.25, 0.3) is 0 Å². The molecular weight excluding hydrogens is 258 g/mol. The Morgan fingerprint density at radius 3 is 2.50 bits per heavy atom. The predicted molar refractivity (Wildman–Crippen MR) is 75.2 cm³/mol. The van der Waals surface area contributed by atoms with Crippen LogP contribution in [0.4, 0.5) is 0 Å². The number of carboxylic acid groups (broad SMARTS) is 1. The lowest BCUT2D eigenvalue weighted by Gasteiger charge is -2.27. The smallest absolute Gasteiger partial charge is 0.320 e. The Kier molecular flexibility index (Phi) is 6.73. The Morgan fingerprint density at radius 1 is 1.30 bits per heavy atom. The Bertz CT molecular complexity index is 433. The summed E-state index contributed by atoms with van der Waals surface area (Å²) in [6, 6.07) is 9.41. The molecule has 0 amide bonds. The Morgan fingerprint density at radius 2 is 1.95 bits per heavy atom. The second kappa shape index (κ2) is 8.32. The zero-order chi connectivity index (χ0) is 15.0. The molecule has 20 heavy (non-hydrogen) atoms. The largest absolute Gasteiger partial charge is 0.481 e. The van der Waals surface area contributed by atoms with E-state index in [1.807, 2.05) is 35.2 Å². The lowest BCUT2D eigenvalue weighted by atomic mass is 10.1. The van der Waals surface area contributed by atoms with Crippen LogP contribution in [0, 0.1) is 0 Å². The van der Waals surface area contributed by atoms with E-state index in [1.165, 1.54) is 0 Å². The number of rotatable bonds is 8. The minimum absolute atomic E-state index is 0.00770. The molecule has 0 aromatic heterocycles. The van der Waals surface area contributed by atoms with Gasteiger partial charge >= 0.3 is 11.9 Å². The SMILES string of the molecule is CCOC(=O)CN(Cc1ccccc1)[C@@H](C)CC(=O)O. The molecule has 0 saturated heterocycles. The van der Waals surface area contributed by atoms with Gasteiger partial charge < -0.3 is 9.84 Å². The molecule has 1 aromatic rings. The van der Waals surface area contributed by atoms with Gasteiger partial charge in [0.05, 0.1) is 19.6 Å². The van der Waals surface area contributed by atoms with Crippen molar-refractivity contribution in [1.82, 2.24) is 4.90 Å². The second-order valence-electron chi connectivity index (χ2n) is 4.64. The van der Waals surface area contributed by atoms with Crippen LogP contribution < -0.4 is 0 Å². The highest BCUT2D eigenvalue weighted by Gasteiger charge is 2.20. The van der Waals surface area contributed by atoms with E-state index in [9.17, 15) is 9.59 Å². The van der Waals surface area contributed by atoms with Crippen LogP contribution in [0.25, 0.3) is 0 Å². The van der Waals surface area contributed by atoms with Gasteiger partial charge in [0.2, 0.25) is 0 Å². The van der Waals surface area contributed by atoms with Gasteiger partial charge in [0.15, 0.2) is 0 Å². The monoisotopic (exact) mass is 279 g/mol. The molecule has 1 N–H and O–H groups in total. The van der Waals surface area contributed by atoms with Gasteiger partial charge in [-0.2, -0.15) is 0 Å². The van der Waals surface area contributed by atoms with Crippen molar-refractivity contribution in [1.29, 1.82) is 0 Å². The standard InChI is InChI=1S/C15H21NO4/c1-3-20-15(19)11-16(12(2)9-14(17)18)10-13-7-5-4-6-8-13/h4-8,12H,3,9-11H2,1-2H3,(H,17,18)/t12-/m0/s1. The molecule has 0 aliphatic rings. The number of benzene rings is 1. The van der Waals surface area contributed by atoms with E-state index >= 15 is 0 Å². The number of carbonyl (C=O) groups excluding carboxylic acids is 1. The van der Waals surface area contributed by atoms with Crippen molar-refractivity contribution in [3.8, 4) is 0 Å². The van der Waals surface area contributed by atoms with Crippen molar-refractivity contribution in [2.24, 2.45) is 0 Å². The summed E-state index contributed by atoms with van der Waals surface area (Å²) in [7, 11) is 0. The molecule has 0 unspecified atom stereocenters. The van der Waals surface area contributed by atoms with Crippen molar-refractivity contribution < 1.29 is 19.4 Å². The van der Waals surface area contributed by atoms with E-state index in [-0.39, 0.29) is 25.0 Å². The molecule has 0 spiro atoms. The van der Waals surface area contributed by atoms with Gasteiger partial charge in [-0.05, 0) is 19.4 Å². The lowest BCUT2D eigenvalue weighted by Crippen LogP contribution is -2.38. The van der Waals surface area contributed by atoms with Crippen molar-refractivity contribution >= 4 is 11.9 Å². The predicted octanol–water partition coefficient (Wildman–Crippen LogP) is 1.91. The Hall–Kier alpha value is -1.88. The van der Waals surface area contributed by atoms with E-state index in [2.05, 4.69) is 0 Å². The average molecular weight is 279 g/mol. The summed E-state index contributed by atoms with van der Waals surface area (Å²) in [5, 5.41) is 8.89. The summed E-state index contributed by atoms with van der Waals surface area (Å²) >= 11 is 0. The normalized spacial score (nSPS) is 12.2. The third kappa shape index (κ3) is 5.84. The van der Waals surface area contributed by atoms with Gasteiger partial charge in [0.1, 0.15) is 0 Å². The summed E-state index contributed by atoms with van der Waals surface area (Å²) in [5.74, 6) is -1.21. The van der Waals surface area contributed by atoms with E-state index in [1.54, 1.807) is 13.8 Å². The number of hydrogen-bond donors (Lipinski definition) is 1. The highest BCUT2D eigenvalue weighted by atomic mass is 16.5. The minimum atomic E-state index is -0.876. The number of nitrogens with zero attached hydrogens (tertiary/aromatic N) is 1. The number of esters is 1. The van der Waals surface area contributed by atoms with Crippen LogP contribution in [0.2, 0.25) is 0 Å². The van der Waals surface area contributed by atoms with E-state index in [0.29, 0.717) is 13.2 Å². The molecule has 1 atom stereocenters. The average Bonchev–Trinajstić information content (AvgIpc) is 2.38. The molecule has 0 aliphatic heterocycles. The fraction of sp³-hybridized carbons (Fsp3) is 0.467. The van der Waals surface area contributed by atoms with Crippen LogP contribution in [0.15, 0.2) is 30.3 Å². The quantitative estimate of drug-likeness (QED) is 0.736. The molecule has 0 heterocycles. The first-order valence-corrected chi connectivity index (χ1v) is 6.68. The topological polar surface area (TPSA) is 66.8 Å². The van der Waals surface area contributed by atoms with E-state index in [0.717, 1.165) is 5.56 Å². The molecule has 110 valence electrons. The van der Waals surface area contributed by atoms with Crippen molar-refractivity contribution in [2.45, 2.75) is 32.9 Å². The van der Waals surface area contributed by atoms with Gasteiger partial charge in [-0.25, -0.2) is 0 Å². The number of ether oxygens (including phenoxy) is 1. The number of carboxylic acids is 1. The van der Waals surface area contributed by atoms with Crippen LogP contribution in [-0.4, -0.2) is 41.1 Å². The fourth-order valence-electron chi connectivity index (χ4n) is 1.94. The van der Waals surface area contributed by atoms with Crippen molar-refractivity contribution in [3.63, 3.8) is 0 Å². The number of aliphatic carboxylic acids is 1. The van der Waals surface area contributed by atoms with Crippen molar-refractivity contribution in [2.75, 3.05) is 13.2 Å². The van der Waals surface area contributed by atoms with Crippen molar-refractivity contribution in [3.05, 3.63) is 35.9 Å². The van der Waals surface area contributed by atoms with E-state index in [4.69, 9.17) is 9.84 Å². The molecule has 5 heteroatoms. The zero-order valence-electron chi connectivity index (χ0n) is 11.9. The van der Waals surface area contributed by atoms with Crippen LogP contribution in [0.5, 0.6) is 0 Å². The molecule has 5 nitrogen and oxygen atoms in total. The molecule has 1 rings (SSSR count). The number of hydrogen-bond acceptors (Lipinski definition) is 4. The minimum Gasteiger partial charge on any atom is -0.481 e. The maximum absolute atomic E-state index is 11.6. The zero-order valence-corrected chi connectivity index (χ0v) is 11.9. The highest BCUT2D eigenvalue weighted by Crippen LogP contribution is 2.11. The molecule has 0 saturated carbocycles.